The average molecular weight is 284 g/mol. The molecule has 5 nitrogen and oxygen atoms in total. The Labute approximate surface area is 124 Å². The van der Waals surface area contributed by atoms with Gasteiger partial charge in [-0.15, -0.1) is 0 Å². The summed E-state index contributed by atoms with van der Waals surface area (Å²) in [5, 5.41) is 9.52. The van der Waals surface area contributed by atoms with E-state index in [2.05, 4.69) is 21.8 Å². The zero-order valence-electron chi connectivity index (χ0n) is 12.2. The standard InChI is InChI=1S/C16H20N4O/c1-2-13-10-15(20-9-3-4-14(20)11-21)19-16(18-13)12-5-7-17-8-6-12/h5-8,10,14,21H,2-4,9,11H2,1H3/t14-/m1/s1. The highest BCUT2D eigenvalue weighted by molar-refractivity contribution is 5.57. The number of aliphatic hydroxyl groups is 1. The number of nitrogens with zero attached hydrogens (tertiary/aromatic N) is 4. The van der Waals surface area contributed by atoms with Crippen LogP contribution in [0.2, 0.25) is 0 Å². The molecule has 3 rings (SSSR count). The summed E-state index contributed by atoms with van der Waals surface area (Å²) in [5.41, 5.74) is 2.00. The maximum atomic E-state index is 9.52. The second-order valence-corrected chi connectivity index (χ2v) is 5.30. The summed E-state index contributed by atoms with van der Waals surface area (Å²) in [5.74, 6) is 1.65. The molecule has 1 aliphatic rings. The van der Waals surface area contributed by atoms with Crippen molar-refractivity contribution < 1.29 is 5.11 Å². The maximum absolute atomic E-state index is 9.52. The van der Waals surface area contributed by atoms with E-state index in [0.717, 1.165) is 48.7 Å². The van der Waals surface area contributed by atoms with Crippen molar-refractivity contribution in [2.45, 2.75) is 32.2 Å². The summed E-state index contributed by atoms with van der Waals surface area (Å²) in [7, 11) is 0. The fraction of sp³-hybridized carbons (Fsp3) is 0.438. The van der Waals surface area contributed by atoms with Gasteiger partial charge in [0.1, 0.15) is 5.82 Å². The lowest BCUT2D eigenvalue weighted by atomic mass is 10.2. The summed E-state index contributed by atoms with van der Waals surface area (Å²) >= 11 is 0. The van der Waals surface area contributed by atoms with Gasteiger partial charge < -0.3 is 10.0 Å². The van der Waals surface area contributed by atoms with Gasteiger partial charge in [0.15, 0.2) is 5.82 Å². The molecule has 2 aromatic heterocycles. The van der Waals surface area contributed by atoms with Gasteiger partial charge in [0.05, 0.1) is 12.6 Å². The Bertz CT molecular complexity index is 602. The molecule has 2 aromatic rings. The molecular formula is C16H20N4O. The SMILES string of the molecule is CCc1cc(N2CCC[C@@H]2CO)nc(-c2ccncc2)n1. The van der Waals surface area contributed by atoms with E-state index >= 15 is 0 Å². The van der Waals surface area contributed by atoms with Gasteiger partial charge in [0, 0.05) is 36.3 Å². The molecule has 5 heteroatoms. The molecule has 0 spiro atoms. The monoisotopic (exact) mass is 284 g/mol. The molecule has 1 aliphatic heterocycles. The summed E-state index contributed by atoms with van der Waals surface area (Å²) in [4.78, 5) is 15.6. The number of hydrogen-bond donors (Lipinski definition) is 1. The predicted molar refractivity (Wildman–Crippen MR) is 82.1 cm³/mol. The van der Waals surface area contributed by atoms with Gasteiger partial charge in [-0.25, -0.2) is 9.97 Å². The third-order valence-corrected chi connectivity index (χ3v) is 3.95. The van der Waals surface area contributed by atoms with Crippen molar-refractivity contribution in [3.05, 3.63) is 36.3 Å². The molecular weight excluding hydrogens is 264 g/mol. The van der Waals surface area contributed by atoms with E-state index in [0.29, 0.717) is 0 Å². The van der Waals surface area contributed by atoms with Gasteiger partial charge in [-0.05, 0) is 31.4 Å². The van der Waals surface area contributed by atoms with Crippen LogP contribution in [0.1, 0.15) is 25.5 Å². The van der Waals surface area contributed by atoms with E-state index in [4.69, 9.17) is 4.98 Å². The zero-order chi connectivity index (χ0) is 14.7. The van der Waals surface area contributed by atoms with Crippen molar-refractivity contribution in [2.24, 2.45) is 0 Å². The van der Waals surface area contributed by atoms with Gasteiger partial charge >= 0.3 is 0 Å². The van der Waals surface area contributed by atoms with Crippen LogP contribution in [-0.4, -0.2) is 39.3 Å². The Morgan fingerprint density at radius 2 is 2.10 bits per heavy atom. The Kier molecular flexibility index (Phi) is 4.10. The first kappa shape index (κ1) is 13.9. The molecule has 21 heavy (non-hydrogen) atoms. The second-order valence-electron chi connectivity index (χ2n) is 5.30. The van der Waals surface area contributed by atoms with Gasteiger partial charge in [-0.1, -0.05) is 6.92 Å². The molecule has 1 fully saturated rings. The van der Waals surface area contributed by atoms with Gasteiger partial charge in [0.25, 0.3) is 0 Å². The van der Waals surface area contributed by atoms with Gasteiger partial charge in [0.2, 0.25) is 0 Å². The van der Waals surface area contributed by atoms with E-state index in [1.54, 1.807) is 12.4 Å². The summed E-state index contributed by atoms with van der Waals surface area (Å²) in [6.07, 6.45) is 6.49. The molecule has 0 amide bonds. The van der Waals surface area contributed by atoms with Crippen LogP contribution in [0, 0.1) is 0 Å². The minimum absolute atomic E-state index is 0.176. The lowest BCUT2D eigenvalue weighted by Gasteiger charge is -2.24. The van der Waals surface area contributed by atoms with Crippen LogP contribution in [-0.2, 0) is 6.42 Å². The summed E-state index contributed by atoms with van der Waals surface area (Å²) < 4.78 is 0. The molecule has 0 unspecified atom stereocenters. The van der Waals surface area contributed by atoms with E-state index in [-0.39, 0.29) is 12.6 Å². The summed E-state index contributed by atoms with van der Waals surface area (Å²) in [6, 6.07) is 6.06. The van der Waals surface area contributed by atoms with Crippen molar-refractivity contribution in [1.29, 1.82) is 0 Å². The fourth-order valence-electron chi connectivity index (χ4n) is 2.77. The molecule has 1 saturated heterocycles. The fourth-order valence-corrected chi connectivity index (χ4v) is 2.77. The highest BCUT2D eigenvalue weighted by Crippen LogP contribution is 2.26. The Morgan fingerprint density at radius 3 is 2.81 bits per heavy atom. The predicted octanol–water partition coefficient (Wildman–Crippen LogP) is 2.06. The van der Waals surface area contributed by atoms with Crippen molar-refractivity contribution >= 4 is 5.82 Å². The summed E-state index contributed by atoms with van der Waals surface area (Å²) in [6.45, 7) is 3.22. The molecule has 3 heterocycles. The van der Waals surface area contributed by atoms with Crippen LogP contribution in [0.5, 0.6) is 0 Å². The Hall–Kier alpha value is -2.01. The lowest BCUT2D eigenvalue weighted by molar-refractivity contribution is 0.266. The first-order valence-electron chi connectivity index (χ1n) is 7.47. The molecule has 0 aromatic carbocycles. The van der Waals surface area contributed by atoms with Crippen LogP contribution in [0.4, 0.5) is 5.82 Å². The smallest absolute Gasteiger partial charge is 0.161 e. The first-order chi connectivity index (χ1) is 10.3. The number of aryl methyl sites for hydroxylation is 1. The third-order valence-electron chi connectivity index (χ3n) is 3.95. The molecule has 1 atom stereocenters. The van der Waals surface area contributed by atoms with Gasteiger partial charge in [-0.3, -0.25) is 4.98 Å². The number of anilines is 1. The number of aromatic nitrogens is 3. The lowest BCUT2D eigenvalue weighted by Crippen LogP contribution is -2.33. The largest absolute Gasteiger partial charge is 0.394 e. The second kappa shape index (κ2) is 6.18. The van der Waals surface area contributed by atoms with Crippen LogP contribution in [0.25, 0.3) is 11.4 Å². The average Bonchev–Trinajstić information content (AvgIpc) is 3.04. The molecule has 0 aliphatic carbocycles. The first-order valence-corrected chi connectivity index (χ1v) is 7.47. The highest BCUT2D eigenvalue weighted by Gasteiger charge is 2.25. The zero-order valence-corrected chi connectivity index (χ0v) is 12.2. The molecule has 0 radical (unpaired) electrons. The third kappa shape index (κ3) is 2.88. The quantitative estimate of drug-likeness (QED) is 0.931. The van der Waals surface area contributed by atoms with Crippen LogP contribution in [0.3, 0.4) is 0 Å². The Balaban J connectivity index is 2.01. The molecule has 110 valence electrons. The topological polar surface area (TPSA) is 62.1 Å². The van der Waals surface area contributed by atoms with Crippen molar-refractivity contribution in [3.8, 4) is 11.4 Å². The maximum Gasteiger partial charge on any atom is 0.161 e. The van der Waals surface area contributed by atoms with Crippen molar-refractivity contribution in [1.82, 2.24) is 15.0 Å². The minimum atomic E-state index is 0.176. The van der Waals surface area contributed by atoms with Crippen LogP contribution >= 0.6 is 0 Å². The van der Waals surface area contributed by atoms with Crippen LogP contribution < -0.4 is 4.90 Å². The normalized spacial score (nSPS) is 18.2. The number of rotatable bonds is 4. The number of hydrogen-bond acceptors (Lipinski definition) is 5. The Morgan fingerprint density at radius 1 is 1.29 bits per heavy atom. The van der Waals surface area contributed by atoms with Crippen molar-refractivity contribution in [3.63, 3.8) is 0 Å². The van der Waals surface area contributed by atoms with Gasteiger partial charge in [-0.2, -0.15) is 0 Å². The molecule has 0 saturated carbocycles. The van der Waals surface area contributed by atoms with Crippen LogP contribution in [0.15, 0.2) is 30.6 Å². The van der Waals surface area contributed by atoms with Crippen molar-refractivity contribution in [2.75, 3.05) is 18.1 Å². The highest BCUT2D eigenvalue weighted by atomic mass is 16.3. The van der Waals surface area contributed by atoms with E-state index in [1.165, 1.54) is 0 Å². The number of pyridine rings is 1. The van der Waals surface area contributed by atoms with E-state index in [1.807, 2.05) is 18.2 Å². The molecule has 1 N–H and O–H groups in total. The van der Waals surface area contributed by atoms with E-state index in [9.17, 15) is 5.11 Å². The number of aliphatic hydroxyl groups excluding tert-OH is 1. The van der Waals surface area contributed by atoms with E-state index < -0.39 is 0 Å². The molecule has 0 bridgehead atoms. The minimum Gasteiger partial charge on any atom is -0.394 e.